The molecule has 234 valence electrons. The van der Waals surface area contributed by atoms with E-state index in [1.807, 2.05) is 0 Å². The second-order valence-corrected chi connectivity index (χ2v) is 9.06. The highest BCUT2D eigenvalue weighted by Crippen LogP contribution is 2.01. The minimum atomic E-state index is -1.64. The van der Waals surface area contributed by atoms with Gasteiger partial charge in [-0.2, -0.15) is 0 Å². The van der Waals surface area contributed by atoms with E-state index in [1.54, 1.807) is 0 Å². The van der Waals surface area contributed by atoms with Gasteiger partial charge < -0.3 is 62.7 Å². The molecule has 42 heavy (non-hydrogen) atoms. The number of imidazole rings is 1. The molecule has 1 rings (SSSR count). The number of amides is 6. The topological polar surface area (TPSA) is 307 Å². The van der Waals surface area contributed by atoms with Crippen molar-refractivity contribution in [1.82, 2.24) is 41.9 Å². The van der Waals surface area contributed by atoms with Gasteiger partial charge >= 0.3 is 0 Å². The molecule has 0 spiro atoms. The summed E-state index contributed by atoms with van der Waals surface area (Å²) in [6, 6.07) is -7.71. The zero-order valence-corrected chi connectivity index (χ0v) is 23.0. The van der Waals surface area contributed by atoms with Crippen LogP contribution in [0.25, 0.3) is 0 Å². The molecule has 0 radical (unpaired) electrons. The maximum absolute atomic E-state index is 12.9. The van der Waals surface area contributed by atoms with Crippen LogP contribution in [0.1, 0.15) is 19.5 Å². The highest BCUT2D eigenvalue weighted by molar-refractivity contribution is 5.96. The third-order valence-electron chi connectivity index (χ3n) is 5.54. The van der Waals surface area contributed by atoms with Crippen LogP contribution in [0, 0.1) is 0 Å². The van der Waals surface area contributed by atoms with Gasteiger partial charge in [-0.25, -0.2) is 4.98 Å². The Bertz CT molecular complexity index is 1080. The van der Waals surface area contributed by atoms with Crippen LogP contribution in [-0.2, 0) is 40.0 Å². The number of rotatable bonds is 18. The summed E-state index contributed by atoms with van der Waals surface area (Å²) in [5.41, 5.74) is 5.90. The van der Waals surface area contributed by atoms with E-state index in [9.17, 15) is 43.8 Å². The van der Waals surface area contributed by atoms with E-state index < -0.39 is 98.1 Å². The molecular formula is C23H37N9O10. The van der Waals surface area contributed by atoms with Crippen LogP contribution in [0.2, 0.25) is 0 Å². The quantitative estimate of drug-likeness (QED) is 0.0701. The normalized spacial score (nSPS) is 15.0. The average Bonchev–Trinajstić information content (AvgIpc) is 3.49. The Kier molecular flexibility index (Phi) is 15.3. The number of carbonyl (C=O) groups is 7. The number of nitrogens with zero attached hydrogens (tertiary/aromatic N) is 1. The number of aromatic nitrogens is 2. The smallest absolute Gasteiger partial charge is 0.245 e. The predicted octanol–water partition coefficient (Wildman–Crippen LogP) is -6.96. The minimum absolute atomic E-state index is 0.129. The van der Waals surface area contributed by atoms with Gasteiger partial charge in [0.1, 0.15) is 36.5 Å². The monoisotopic (exact) mass is 599 g/mol. The first-order valence-corrected chi connectivity index (χ1v) is 12.7. The number of aldehydes is 1. The Morgan fingerprint density at radius 1 is 0.833 bits per heavy atom. The molecule has 0 saturated heterocycles. The lowest BCUT2D eigenvalue weighted by atomic mass is 10.1. The van der Waals surface area contributed by atoms with Crippen LogP contribution in [-0.4, -0.2) is 130 Å². The van der Waals surface area contributed by atoms with Gasteiger partial charge in [0.2, 0.25) is 35.4 Å². The summed E-state index contributed by atoms with van der Waals surface area (Å²) in [7, 11) is 0. The van der Waals surface area contributed by atoms with Crippen LogP contribution >= 0.6 is 0 Å². The van der Waals surface area contributed by atoms with Gasteiger partial charge in [0.05, 0.1) is 38.7 Å². The van der Waals surface area contributed by atoms with Gasteiger partial charge in [-0.15, -0.1) is 0 Å². The summed E-state index contributed by atoms with van der Waals surface area (Å²) in [6.07, 6.45) is 3.07. The molecule has 1 heterocycles. The molecule has 19 nitrogen and oxygen atoms in total. The molecule has 1 aromatic rings. The highest BCUT2D eigenvalue weighted by Gasteiger charge is 2.30. The van der Waals surface area contributed by atoms with E-state index in [2.05, 4.69) is 41.9 Å². The minimum Gasteiger partial charge on any atom is -0.394 e. The van der Waals surface area contributed by atoms with Gasteiger partial charge in [0.15, 0.2) is 0 Å². The molecule has 0 aliphatic heterocycles. The van der Waals surface area contributed by atoms with Crippen molar-refractivity contribution in [2.24, 2.45) is 5.73 Å². The summed E-state index contributed by atoms with van der Waals surface area (Å²) >= 11 is 0. The number of hydrogen-bond donors (Lipinski definition) is 11. The molecule has 0 saturated carbocycles. The van der Waals surface area contributed by atoms with Crippen molar-refractivity contribution in [1.29, 1.82) is 0 Å². The molecule has 19 heteroatoms. The molecule has 0 fully saturated rings. The summed E-state index contributed by atoms with van der Waals surface area (Å²) in [5, 5.41) is 41.8. The largest absolute Gasteiger partial charge is 0.394 e. The molecule has 0 unspecified atom stereocenters. The molecule has 0 aliphatic rings. The van der Waals surface area contributed by atoms with Gasteiger partial charge in [0.25, 0.3) is 0 Å². The lowest BCUT2D eigenvalue weighted by Gasteiger charge is -2.24. The lowest BCUT2D eigenvalue weighted by molar-refractivity contribution is -0.135. The highest BCUT2D eigenvalue weighted by atomic mass is 16.3. The molecule has 12 N–H and O–H groups in total. The lowest BCUT2D eigenvalue weighted by Crippen LogP contribution is -2.60. The Morgan fingerprint density at radius 3 is 1.93 bits per heavy atom. The van der Waals surface area contributed by atoms with Crippen LogP contribution in [0.15, 0.2) is 12.5 Å². The maximum atomic E-state index is 12.9. The first-order valence-electron chi connectivity index (χ1n) is 12.7. The maximum Gasteiger partial charge on any atom is 0.245 e. The van der Waals surface area contributed by atoms with E-state index in [-0.39, 0.29) is 6.42 Å². The van der Waals surface area contributed by atoms with E-state index in [1.165, 1.54) is 26.4 Å². The van der Waals surface area contributed by atoms with Crippen molar-refractivity contribution in [3.63, 3.8) is 0 Å². The number of H-pyrrole nitrogens is 1. The fourth-order valence-electron chi connectivity index (χ4n) is 3.15. The molecule has 6 amide bonds. The third-order valence-corrected chi connectivity index (χ3v) is 5.54. The van der Waals surface area contributed by atoms with E-state index in [0.717, 1.165) is 0 Å². The van der Waals surface area contributed by atoms with Crippen molar-refractivity contribution in [2.75, 3.05) is 26.4 Å². The first kappa shape index (κ1) is 35.6. The zero-order valence-electron chi connectivity index (χ0n) is 23.0. The predicted molar refractivity (Wildman–Crippen MR) is 142 cm³/mol. The third kappa shape index (κ3) is 12.0. The Hall–Kier alpha value is -4.46. The average molecular weight is 600 g/mol. The molecule has 0 bridgehead atoms. The molecule has 6 atom stereocenters. The zero-order chi connectivity index (χ0) is 31.8. The second kappa shape index (κ2) is 18.1. The van der Waals surface area contributed by atoms with Crippen LogP contribution in [0.5, 0.6) is 0 Å². The molecular weight excluding hydrogens is 562 g/mol. The van der Waals surface area contributed by atoms with Gasteiger partial charge in [-0.1, -0.05) is 0 Å². The van der Waals surface area contributed by atoms with E-state index >= 15 is 0 Å². The van der Waals surface area contributed by atoms with Crippen molar-refractivity contribution in [3.8, 4) is 0 Å². The number of nitrogens with two attached hydrogens (primary N) is 1. The number of carbonyl (C=O) groups excluding carboxylic acids is 7. The van der Waals surface area contributed by atoms with Crippen molar-refractivity contribution in [3.05, 3.63) is 18.2 Å². The van der Waals surface area contributed by atoms with Crippen LogP contribution < -0.4 is 37.6 Å². The standard InChI is InChI=1S/C23H37N9O10/c1-11(6-33)28-19(38)12(2)29-18(37)5-26-21(40)16(8-35)31-23(42)17(9-36)32-22(41)15(3-13-4-25-10-27-13)30-20(39)14(24)7-34/h4,6,10-12,14-17,34-36H,3,5,7-9,24H2,1-2H3,(H,25,27)(H,26,40)(H,28,38)(H,29,37)(H,30,39)(H,31,42)(H,32,41)/t11-,12-,14-,15-,16-,17-/m0/s1. The number of aliphatic hydroxyl groups is 3. The van der Waals surface area contributed by atoms with E-state index in [4.69, 9.17) is 10.8 Å². The van der Waals surface area contributed by atoms with Gasteiger partial charge in [0, 0.05) is 18.3 Å². The Morgan fingerprint density at radius 2 is 1.40 bits per heavy atom. The van der Waals surface area contributed by atoms with E-state index in [0.29, 0.717) is 12.0 Å². The van der Waals surface area contributed by atoms with Gasteiger partial charge in [-0.3, -0.25) is 28.8 Å². The van der Waals surface area contributed by atoms with Crippen molar-refractivity contribution >= 4 is 41.7 Å². The molecule has 0 aromatic carbocycles. The summed E-state index contributed by atoms with van der Waals surface area (Å²) < 4.78 is 0. The van der Waals surface area contributed by atoms with Crippen LogP contribution in [0.4, 0.5) is 0 Å². The number of aromatic amines is 1. The fourth-order valence-corrected chi connectivity index (χ4v) is 3.15. The van der Waals surface area contributed by atoms with Gasteiger partial charge in [-0.05, 0) is 13.8 Å². The fraction of sp³-hybridized carbons (Fsp3) is 0.565. The summed E-state index contributed by atoms with van der Waals surface area (Å²) in [4.78, 5) is 91.3. The SMILES string of the molecule is C[C@H](NC(=O)CNC(=O)[C@H](CO)NC(=O)[C@H](CO)NC(=O)[C@H](Cc1cnc[nH]1)NC(=O)[C@@H](N)CO)C(=O)N[C@@H](C)C=O. The van der Waals surface area contributed by atoms with Crippen molar-refractivity contribution in [2.45, 2.75) is 56.5 Å². The summed E-state index contributed by atoms with van der Waals surface area (Å²) in [6.45, 7) is -0.431. The van der Waals surface area contributed by atoms with Crippen molar-refractivity contribution < 1.29 is 48.9 Å². The number of hydrogen-bond acceptors (Lipinski definition) is 12. The first-order chi connectivity index (χ1) is 19.9. The number of aliphatic hydroxyl groups excluding tert-OH is 3. The second-order valence-electron chi connectivity index (χ2n) is 9.06. The molecule has 1 aromatic heterocycles. The van der Waals surface area contributed by atoms with Crippen LogP contribution in [0.3, 0.4) is 0 Å². The Labute approximate surface area is 239 Å². The molecule has 0 aliphatic carbocycles. The Balaban J connectivity index is 2.75. The number of nitrogens with one attached hydrogen (secondary N) is 7. The summed E-state index contributed by atoms with van der Waals surface area (Å²) in [5.74, 6) is -5.32.